The van der Waals surface area contributed by atoms with Crippen molar-refractivity contribution < 1.29 is 9.47 Å². The lowest BCUT2D eigenvalue weighted by atomic mass is 10.2. The molecule has 1 atom stereocenters. The van der Waals surface area contributed by atoms with Crippen LogP contribution in [0.15, 0.2) is 0 Å². The van der Waals surface area contributed by atoms with E-state index in [9.17, 15) is 0 Å². The molecule has 1 saturated heterocycles. The van der Waals surface area contributed by atoms with Gasteiger partial charge in [-0.05, 0) is 6.92 Å². The summed E-state index contributed by atoms with van der Waals surface area (Å²) in [6.45, 7) is 4.76. The van der Waals surface area contributed by atoms with Crippen molar-refractivity contribution >= 4 is 5.95 Å². The van der Waals surface area contributed by atoms with Gasteiger partial charge in [-0.1, -0.05) is 0 Å². The summed E-state index contributed by atoms with van der Waals surface area (Å²) < 4.78 is 10.1. The zero-order valence-corrected chi connectivity index (χ0v) is 10.3. The molecule has 1 aromatic rings. The van der Waals surface area contributed by atoms with Crippen LogP contribution in [-0.2, 0) is 0 Å². The van der Waals surface area contributed by atoms with E-state index in [0.717, 1.165) is 19.6 Å². The topological polar surface area (TPSA) is 72.4 Å². The Morgan fingerprint density at radius 3 is 2.35 bits per heavy atom. The van der Waals surface area contributed by atoms with E-state index in [-0.39, 0.29) is 12.0 Å². The molecule has 2 rings (SSSR count). The van der Waals surface area contributed by atoms with E-state index in [1.54, 1.807) is 0 Å². The summed E-state index contributed by atoms with van der Waals surface area (Å²) in [5.41, 5.74) is 0. The molecule has 0 spiro atoms. The van der Waals surface area contributed by atoms with Gasteiger partial charge in [0, 0.05) is 25.7 Å². The van der Waals surface area contributed by atoms with Crippen LogP contribution in [-0.4, -0.2) is 54.8 Å². The monoisotopic (exact) mass is 239 g/mol. The molecule has 0 amide bonds. The summed E-state index contributed by atoms with van der Waals surface area (Å²) in [5.74, 6) is 0.599. The highest BCUT2D eigenvalue weighted by Crippen LogP contribution is 2.16. The quantitative estimate of drug-likeness (QED) is 0.775. The molecule has 0 bridgehead atoms. The van der Waals surface area contributed by atoms with Crippen molar-refractivity contribution in [1.82, 2.24) is 20.3 Å². The van der Waals surface area contributed by atoms with Gasteiger partial charge >= 0.3 is 12.0 Å². The largest absolute Gasteiger partial charge is 0.467 e. The lowest BCUT2D eigenvalue weighted by Crippen LogP contribution is -2.49. The molecule has 1 aliphatic heterocycles. The fraction of sp³-hybridized carbons (Fsp3) is 0.700. The first-order valence-corrected chi connectivity index (χ1v) is 5.55. The molecule has 1 unspecified atom stereocenters. The molecule has 0 radical (unpaired) electrons. The molecule has 1 aliphatic rings. The maximum atomic E-state index is 5.03. The van der Waals surface area contributed by atoms with Crippen LogP contribution in [0.25, 0.3) is 0 Å². The standard InChI is InChI=1S/C10H17N5O2/c1-7-6-15(5-4-11-7)8-12-9(16-2)14-10(13-8)17-3/h7,11H,4-6H2,1-3H3. The summed E-state index contributed by atoms with van der Waals surface area (Å²) in [7, 11) is 3.05. The Bertz CT molecular complexity index is 365. The van der Waals surface area contributed by atoms with Crippen molar-refractivity contribution in [3.63, 3.8) is 0 Å². The second kappa shape index (κ2) is 5.13. The predicted octanol–water partition coefficient (Wildman–Crippen LogP) is -0.313. The Hall–Kier alpha value is -1.63. The Balaban J connectivity index is 2.23. The lowest BCUT2D eigenvalue weighted by Gasteiger charge is -2.31. The number of piperazine rings is 1. The van der Waals surface area contributed by atoms with Crippen molar-refractivity contribution in [2.45, 2.75) is 13.0 Å². The van der Waals surface area contributed by atoms with Crippen LogP contribution in [0.4, 0.5) is 5.95 Å². The summed E-state index contributed by atoms with van der Waals surface area (Å²) in [6, 6.07) is 0.966. The molecule has 0 saturated carbocycles. The van der Waals surface area contributed by atoms with Crippen LogP contribution in [0.3, 0.4) is 0 Å². The number of anilines is 1. The van der Waals surface area contributed by atoms with Gasteiger partial charge in [0.05, 0.1) is 14.2 Å². The summed E-state index contributed by atoms with van der Waals surface area (Å²) in [4.78, 5) is 14.5. The predicted molar refractivity (Wildman–Crippen MR) is 62.6 cm³/mol. The Morgan fingerprint density at radius 2 is 1.82 bits per heavy atom. The number of nitrogens with one attached hydrogen (secondary N) is 1. The number of aromatic nitrogens is 3. The molecule has 1 N–H and O–H groups in total. The summed E-state index contributed by atoms with van der Waals surface area (Å²) >= 11 is 0. The third kappa shape index (κ3) is 2.73. The summed E-state index contributed by atoms with van der Waals surface area (Å²) in [6.07, 6.45) is 0. The summed E-state index contributed by atoms with van der Waals surface area (Å²) in [5, 5.41) is 3.36. The van der Waals surface area contributed by atoms with Gasteiger partial charge in [0.25, 0.3) is 0 Å². The molecule has 1 fully saturated rings. The highest BCUT2D eigenvalue weighted by molar-refractivity contribution is 5.33. The van der Waals surface area contributed by atoms with Crippen LogP contribution < -0.4 is 19.7 Å². The molecule has 17 heavy (non-hydrogen) atoms. The first kappa shape index (κ1) is 11.8. The molecule has 0 aromatic carbocycles. The van der Waals surface area contributed by atoms with Gasteiger partial charge in [-0.2, -0.15) is 9.97 Å². The van der Waals surface area contributed by atoms with E-state index in [0.29, 0.717) is 12.0 Å². The van der Waals surface area contributed by atoms with E-state index in [2.05, 4.69) is 32.1 Å². The minimum absolute atomic E-state index is 0.276. The van der Waals surface area contributed by atoms with Gasteiger partial charge in [-0.3, -0.25) is 0 Å². The first-order valence-electron chi connectivity index (χ1n) is 5.55. The molecule has 1 aromatic heterocycles. The minimum atomic E-state index is 0.276. The number of rotatable bonds is 3. The van der Waals surface area contributed by atoms with E-state index >= 15 is 0 Å². The molecule has 7 nitrogen and oxygen atoms in total. The Morgan fingerprint density at radius 1 is 1.18 bits per heavy atom. The van der Waals surface area contributed by atoms with Gasteiger partial charge < -0.3 is 19.7 Å². The van der Waals surface area contributed by atoms with Gasteiger partial charge in [0.2, 0.25) is 5.95 Å². The average Bonchev–Trinajstić information content (AvgIpc) is 2.38. The van der Waals surface area contributed by atoms with Gasteiger partial charge in [-0.15, -0.1) is 4.98 Å². The minimum Gasteiger partial charge on any atom is -0.467 e. The third-order valence-corrected chi connectivity index (χ3v) is 2.60. The zero-order valence-electron chi connectivity index (χ0n) is 10.3. The highest BCUT2D eigenvalue weighted by atomic mass is 16.5. The molecule has 7 heteroatoms. The van der Waals surface area contributed by atoms with Crippen molar-refractivity contribution in [1.29, 1.82) is 0 Å². The Kier molecular flexibility index (Phi) is 3.58. The fourth-order valence-corrected chi connectivity index (χ4v) is 1.77. The van der Waals surface area contributed by atoms with Crippen molar-refractivity contribution in [3.05, 3.63) is 0 Å². The van der Waals surface area contributed by atoms with Crippen LogP contribution in [0, 0.1) is 0 Å². The number of hydrogen-bond donors (Lipinski definition) is 1. The second-order valence-corrected chi connectivity index (χ2v) is 3.91. The van der Waals surface area contributed by atoms with E-state index in [1.165, 1.54) is 14.2 Å². The first-order chi connectivity index (χ1) is 8.22. The smallest absolute Gasteiger partial charge is 0.324 e. The maximum absolute atomic E-state index is 5.03. The van der Waals surface area contributed by atoms with Gasteiger partial charge in [-0.25, -0.2) is 0 Å². The van der Waals surface area contributed by atoms with E-state index < -0.39 is 0 Å². The van der Waals surface area contributed by atoms with E-state index in [4.69, 9.17) is 9.47 Å². The average molecular weight is 239 g/mol. The molecular weight excluding hydrogens is 222 g/mol. The van der Waals surface area contributed by atoms with Crippen LogP contribution in [0.5, 0.6) is 12.0 Å². The number of hydrogen-bond acceptors (Lipinski definition) is 7. The van der Waals surface area contributed by atoms with Crippen LogP contribution >= 0.6 is 0 Å². The molecular formula is C10H17N5O2. The molecule has 2 heterocycles. The molecule has 94 valence electrons. The maximum Gasteiger partial charge on any atom is 0.324 e. The van der Waals surface area contributed by atoms with Crippen molar-refractivity contribution in [2.75, 3.05) is 38.8 Å². The zero-order chi connectivity index (χ0) is 12.3. The third-order valence-electron chi connectivity index (χ3n) is 2.60. The Labute approximate surface area is 100 Å². The fourth-order valence-electron chi connectivity index (χ4n) is 1.77. The SMILES string of the molecule is COc1nc(OC)nc(N2CCNC(C)C2)n1. The van der Waals surface area contributed by atoms with Gasteiger partial charge in [0.1, 0.15) is 0 Å². The van der Waals surface area contributed by atoms with Crippen molar-refractivity contribution in [3.8, 4) is 12.0 Å². The van der Waals surface area contributed by atoms with Gasteiger partial charge in [0.15, 0.2) is 0 Å². The number of methoxy groups -OCH3 is 2. The molecule has 0 aliphatic carbocycles. The van der Waals surface area contributed by atoms with Crippen LogP contribution in [0.2, 0.25) is 0 Å². The second-order valence-electron chi connectivity index (χ2n) is 3.91. The normalized spacial score (nSPS) is 20.2. The van der Waals surface area contributed by atoms with E-state index in [1.807, 2.05) is 0 Å². The number of nitrogens with zero attached hydrogens (tertiary/aromatic N) is 4. The number of ether oxygens (including phenoxy) is 2. The highest BCUT2D eigenvalue weighted by Gasteiger charge is 2.20. The van der Waals surface area contributed by atoms with Crippen molar-refractivity contribution in [2.24, 2.45) is 0 Å². The lowest BCUT2D eigenvalue weighted by molar-refractivity contribution is 0.338. The van der Waals surface area contributed by atoms with Crippen LogP contribution in [0.1, 0.15) is 6.92 Å².